The smallest absolute Gasteiger partial charge is 0.323 e. The third kappa shape index (κ3) is 8.31. The Kier molecular flexibility index (Phi) is 10.6. The normalized spacial score (nSPS) is 29.5. The van der Waals surface area contributed by atoms with Gasteiger partial charge in [0, 0.05) is 75.3 Å². The number of rotatable bonds is 7. The molecule has 0 bridgehead atoms. The lowest BCUT2D eigenvalue weighted by Gasteiger charge is -2.57. The predicted molar refractivity (Wildman–Crippen MR) is 201 cm³/mol. The Balaban J connectivity index is 1.64. The highest BCUT2D eigenvalue weighted by atomic mass is 16.5. The Bertz CT molecular complexity index is 1320. The summed E-state index contributed by atoms with van der Waals surface area (Å²) in [7, 11) is 0. The van der Waals surface area contributed by atoms with Gasteiger partial charge in [0.05, 0.1) is 0 Å². The van der Waals surface area contributed by atoms with Crippen LogP contribution in [0, 0.1) is 0 Å². The van der Waals surface area contributed by atoms with Gasteiger partial charge in [-0.05, 0) is 149 Å². The Morgan fingerprint density at radius 1 is 0.491 bits per heavy atom. The van der Waals surface area contributed by atoms with Crippen molar-refractivity contribution in [1.29, 1.82) is 0 Å². The first-order valence-electron chi connectivity index (χ1n) is 19.7. The molecule has 1 N–H and O–H groups in total. The average molecular weight is 744 g/mol. The minimum Gasteiger partial charge on any atom is -0.460 e. The lowest BCUT2D eigenvalue weighted by Crippen LogP contribution is -2.67. The molecule has 5 rings (SSSR count). The van der Waals surface area contributed by atoms with E-state index < -0.39 is 44.3 Å². The van der Waals surface area contributed by atoms with Gasteiger partial charge in [-0.3, -0.25) is 0 Å². The number of piperidine rings is 4. The molecule has 1 aromatic heterocycles. The molecular formula is C39H69N9O5. The van der Waals surface area contributed by atoms with E-state index in [-0.39, 0.29) is 30.2 Å². The third-order valence-electron chi connectivity index (χ3n) is 12.5. The quantitative estimate of drug-likeness (QED) is 0.311. The number of nitrogens with zero attached hydrogens (tertiary/aromatic N) is 8. The van der Waals surface area contributed by atoms with Gasteiger partial charge in [-0.25, -0.2) is 0 Å². The largest absolute Gasteiger partial charge is 0.460 e. The summed E-state index contributed by atoms with van der Waals surface area (Å²) in [4.78, 5) is 17.4. The minimum atomic E-state index is -0.671. The Labute approximate surface area is 319 Å². The van der Waals surface area contributed by atoms with Crippen molar-refractivity contribution in [2.45, 2.75) is 231 Å². The summed E-state index contributed by atoms with van der Waals surface area (Å²) in [5.74, 6) is 0.786. The van der Waals surface area contributed by atoms with Crippen molar-refractivity contribution in [1.82, 2.24) is 35.2 Å². The maximum absolute atomic E-state index is 13.6. The fourth-order valence-corrected chi connectivity index (χ4v) is 11.0. The number of hydrogen-bond acceptors (Lipinski definition) is 10. The van der Waals surface area contributed by atoms with Gasteiger partial charge in [-0.1, -0.05) is 0 Å². The molecule has 5 heterocycles. The van der Waals surface area contributed by atoms with Crippen LogP contribution < -0.4 is 15.0 Å². The second-order valence-electron chi connectivity index (χ2n) is 21.8. The van der Waals surface area contributed by atoms with Gasteiger partial charge in [0.1, 0.15) is 6.10 Å². The van der Waals surface area contributed by atoms with Gasteiger partial charge in [-0.15, -0.1) is 41.1 Å². The van der Waals surface area contributed by atoms with Crippen molar-refractivity contribution in [2.24, 2.45) is 0 Å². The van der Waals surface area contributed by atoms with Gasteiger partial charge in [0.15, 0.2) is 0 Å². The van der Waals surface area contributed by atoms with Gasteiger partial charge in [-0.2, -0.15) is 15.0 Å². The molecule has 14 heteroatoms. The van der Waals surface area contributed by atoms with Crippen LogP contribution in [0.1, 0.15) is 162 Å². The molecule has 14 nitrogen and oxygen atoms in total. The highest BCUT2D eigenvalue weighted by Crippen LogP contribution is 2.46. The molecule has 0 unspecified atom stereocenters. The average Bonchev–Trinajstić information content (AvgIpc) is 2.95. The molecule has 53 heavy (non-hydrogen) atoms. The molecule has 4 saturated heterocycles. The minimum absolute atomic E-state index is 0.105. The molecule has 0 spiro atoms. The van der Waals surface area contributed by atoms with Crippen molar-refractivity contribution in [3.63, 3.8) is 0 Å². The molecule has 4 radical (unpaired) electrons. The molecule has 4 aliphatic heterocycles. The molecule has 4 aliphatic rings. The number of anilines is 2. The van der Waals surface area contributed by atoms with Gasteiger partial charge in [0.25, 0.3) is 0 Å². The number of aromatic nitrogens is 3. The van der Waals surface area contributed by atoms with E-state index in [2.05, 4.69) is 10.2 Å². The van der Waals surface area contributed by atoms with E-state index in [9.17, 15) is 20.8 Å². The van der Waals surface area contributed by atoms with E-state index in [1.807, 2.05) is 111 Å². The SMILES string of the molecule is CC1(C)CC(Nc2nc(OC3CC(C)(C)N([O])C(C)(C)C3)nc(N(C3CC(C)(C)N([O])C(C)(C)C3)C3CC(C)(C)N([O])C(C)(C)C3)n2)CC(C)(C)N1[O]. The van der Waals surface area contributed by atoms with E-state index in [0.29, 0.717) is 63.3 Å². The maximum atomic E-state index is 13.6. The number of hydrogen-bond donors (Lipinski definition) is 1. The number of ether oxygens (including phenoxy) is 1. The predicted octanol–water partition coefficient (Wildman–Crippen LogP) is 6.94. The Morgan fingerprint density at radius 2 is 0.811 bits per heavy atom. The van der Waals surface area contributed by atoms with Crippen LogP contribution >= 0.6 is 0 Å². The van der Waals surface area contributed by atoms with E-state index in [0.717, 1.165) is 0 Å². The van der Waals surface area contributed by atoms with Gasteiger partial charge < -0.3 is 15.0 Å². The fraction of sp³-hybridized carbons (Fsp3) is 0.923. The lowest BCUT2D eigenvalue weighted by atomic mass is 9.75. The van der Waals surface area contributed by atoms with Crippen molar-refractivity contribution in [3.8, 4) is 6.01 Å². The first-order chi connectivity index (χ1) is 23.8. The van der Waals surface area contributed by atoms with Crippen LogP contribution in [0.5, 0.6) is 6.01 Å². The Morgan fingerprint density at radius 3 is 1.17 bits per heavy atom. The summed E-state index contributed by atoms with van der Waals surface area (Å²) in [6.45, 7) is 31.6. The van der Waals surface area contributed by atoms with Crippen LogP contribution in [-0.2, 0) is 20.8 Å². The molecule has 4 fully saturated rings. The van der Waals surface area contributed by atoms with Gasteiger partial charge in [0.2, 0.25) is 11.9 Å². The van der Waals surface area contributed by atoms with Crippen LogP contribution in [-0.4, -0.2) is 104 Å². The van der Waals surface area contributed by atoms with E-state index in [1.165, 1.54) is 20.3 Å². The third-order valence-corrected chi connectivity index (χ3v) is 12.5. The molecule has 0 atom stereocenters. The summed E-state index contributed by atoms with van der Waals surface area (Å²) >= 11 is 0. The number of hydroxylamine groups is 8. The monoisotopic (exact) mass is 744 g/mol. The standard InChI is InChI=1S/C39H69N9O5/c1-32(2)17-25(18-33(3,4)45(32)49)40-29-41-30(43-31(42-29)53-28-23-38(13,14)48(52)39(15,16)24-28)44(26-19-34(5,6)46(50)35(7,8)20-26)27-21-36(9,10)47(51)37(11,12)22-27/h25-28H,17-24H2,1-16H3,(H,40,41,42,43). The molecule has 0 amide bonds. The Hall–Kier alpha value is -1.91. The molecule has 0 aromatic carbocycles. The molecular weight excluding hydrogens is 674 g/mol. The highest BCUT2D eigenvalue weighted by molar-refractivity contribution is 5.43. The second kappa shape index (κ2) is 13.3. The van der Waals surface area contributed by atoms with Crippen LogP contribution in [0.2, 0.25) is 0 Å². The first-order valence-corrected chi connectivity index (χ1v) is 19.7. The summed E-state index contributed by atoms with van der Waals surface area (Å²) in [6, 6.07) is -0.207. The van der Waals surface area contributed by atoms with Crippen molar-refractivity contribution in [3.05, 3.63) is 0 Å². The molecule has 300 valence electrons. The van der Waals surface area contributed by atoms with Crippen LogP contribution in [0.4, 0.5) is 11.9 Å². The zero-order valence-corrected chi connectivity index (χ0v) is 35.6. The topological polar surface area (TPSA) is 156 Å². The molecule has 1 aromatic rings. The second-order valence-corrected chi connectivity index (χ2v) is 21.8. The lowest BCUT2D eigenvalue weighted by molar-refractivity contribution is -0.297. The first kappa shape index (κ1) is 42.2. The van der Waals surface area contributed by atoms with Crippen LogP contribution in [0.3, 0.4) is 0 Å². The maximum Gasteiger partial charge on any atom is 0.323 e. The van der Waals surface area contributed by atoms with E-state index >= 15 is 0 Å². The summed E-state index contributed by atoms with van der Waals surface area (Å²) < 4.78 is 6.70. The summed E-state index contributed by atoms with van der Waals surface area (Å²) in [6.07, 6.45) is 4.09. The van der Waals surface area contributed by atoms with Crippen LogP contribution in [0.25, 0.3) is 0 Å². The summed E-state index contributed by atoms with van der Waals surface area (Å²) in [5.41, 5.74) is -5.24. The molecule has 0 saturated carbocycles. The van der Waals surface area contributed by atoms with Crippen molar-refractivity contribution >= 4 is 11.9 Å². The molecule has 0 aliphatic carbocycles. The highest BCUT2D eigenvalue weighted by Gasteiger charge is 2.54. The number of nitrogens with one attached hydrogen (secondary N) is 1. The van der Waals surface area contributed by atoms with E-state index in [4.69, 9.17) is 19.7 Å². The van der Waals surface area contributed by atoms with Gasteiger partial charge >= 0.3 is 6.01 Å². The summed E-state index contributed by atoms with van der Waals surface area (Å²) in [5, 5.41) is 62.2. The zero-order chi connectivity index (χ0) is 40.1. The van der Waals surface area contributed by atoms with Crippen molar-refractivity contribution in [2.75, 3.05) is 10.2 Å². The van der Waals surface area contributed by atoms with E-state index in [1.54, 1.807) is 0 Å². The van der Waals surface area contributed by atoms with Crippen LogP contribution in [0.15, 0.2) is 0 Å². The fourth-order valence-electron chi connectivity index (χ4n) is 11.0. The van der Waals surface area contributed by atoms with Crippen molar-refractivity contribution < 1.29 is 25.6 Å². The zero-order valence-electron chi connectivity index (χ0n) is 35.6.